The zero-order chi connectivity index (χ0) is 12.8. The van der Waals surface area contributed by atoms with Gasteiger partial charge in [0.25, 0.3) is 5.91 Å². The number of likely N-dealkylation sites (tertiary alicyclic amines) is 1. The highest BCUT2D eigenvalue weighted by Crippen LogP contribution is 2.49. The van der Waals surface area contributed by atoms with Crippen molar-refractivity contribution >= 4 is 5.91 Å². The molecule has 1 aliphatic carbocycles. The number of rotatable bonds is 1. The number of hydrogen-bond donors (Lipinski definition) is 1. The third kappa shape index (κ3) is 1.67. The lowest BCUT2D eigenvalue weighted by Gasteiger charge is -2.51. The molecule has 1 aromatic rings. The number of aliphatic hydroxyl groups excluding tert-OH is 1. The largest absolute Gasteiger partial charge is 0.393 e. The maximum atomic E-state index is 12.3. The summed E-state index contributed by atoms with van der Waals surface area (Å²) in [6.07, 6.45) is 5.72. The minimum absolute atomic E-state index is 0.117. The average molecular weight is 248 g/mol. The molecular weight excluding hydrogens is 228 g/mol. The molecule has 2 heterocycles. The van der Waals surface area contributed by atoms with Crippen molar-refractivity contribution < 1.29 is 9.90 Å². The topological polar surface area (TPSA) is 45.5 Å². The minimum atomic E-state index is -0.134. The molecule has 1 N–H and O–H groups in total. The first-order chi connectivity index (χ1) is 8.62. The Morgan fingerprint density at radius 3 is 2.56 bits per heavy atom. The zero-order valence-corrected chi connectivity index (χ0v) is 10.8. The predicted octanol–water partition coefficient (Wildman–Crippen LogP) is 1.40. The normalized spacial score (nSPS) is 26.1. The van der Waals surface area contributed by atoms with Crippen molar-refractivity contribution in [3.63, 3.8) is 0 Å². The third-order valence-electron chi connectivity index (χ3n) is 4.83. The summed E-state index contributed by atoms with van der Waals surface area (Å²) in [7, 11) is 1.90. The molecule has 1 amide bonds. The van der Waals surface area contributed by atoms with Gasteiger partial charge in [0, 0.05) is 26.3 Å². The van der Waals surface area contributed by atoms with Gasteiger partial charge in [0.15, 0.2) is 0 Å². The van der Waals surface area contributed by atoms with E-state index in [0.717, 1.165) is 44.5 Å². The fourth-order valence-electron chi connectivity index (χ4n) is 3.27. The summed E-state index contributed by atoms with van der Waals surface area (Å²) in [6.45, 7) is 1.56. The van der Waals surface area contributed by atoms with Crippen LogP contribution in [0.4, 0.5) is 0 Å². The number of aryl methyl sites for hydroxylation is 1. The van der Waals surface area contributed by atoms with Gasteiger partial charge in [-0.3, -0.25) is 4.79 Å². The van der Waals surface area contributed by atoms with E-state index in [1.807, 2.05) is 34.8 Å². The van der Waals surface area contributed by atoms with Crippen molar-refractivity contribution in [2.24, 2.45) is 12.5 Å². The van der Waals surface area contributed by atoms with E-state index in [-0.39, 0.29) is 17.4 Å². The van der Waals surface area contributed by atoms with Crippen LogP contribution in [0.5, 0.6) is 0 Å². The summed E-state index contributed by atoms with van der Waals surface area (Å²) in [6, 6.07) is 3.76. The summed E-state index contributed by atoms with van der Waals surface area (Å²) in [5.74, 6) is 0.117. The first-order valence-corrected chi connectivity index (χ1v) is 6.71. The lowest BCUT2D eigenvalue weighted by Crippen LogP contribution is -2.53. The monoisotopic (exact) mass is 248 g/mol. The second-order valence-electron chi connectivity index (χ2n) is 5.71. The highest BCUT2D eigenvalue weighted by atomic mass is 16.3. The molecule has 1 saturated carbocycles. The summed E-state index contributed by atoms with van der Waals surface area (Å²) < 4.78 is 1.87. The molecule has 4 heteroatoms. The Morgan fingerprint density at radius 2 is 2.11 bits per heavy atom. The van der Waals surface area contributed by atoms with Crippen LogP contribution in [-0.4, -0.2) is 39.7 Å². The first-order valence-electron chi connectivity index (χ1n) is 6.71. The van der Waals surface area contributed by atoms with Crippen LogP contribution >= 0.6 is 0 Å². The van der Waals surface area contributed by atoms with Gasteiger partial charge in [-0.2, -0.15) is 0 Å². The SMILES string of the molecule is Cn1cccc1C(=O)N1CCC2(CCC2O)CC1. The predicted molar refractivity (Wildman–Crippen MR) is 68.2 cm³/mol. The Labute approximate surface area is 107 Å². The van der Waals surface area contributed by atoms with Crippen molar-refractivity contribution in [3.8, 4) is 0 Å². The van der Waals surface area contributed by atoms with Crippen LogP contribution in [0, 0.1) is 5.41 Å². The standard InChI is InChI=1S/C14H20N2O2/c1-15-8-2-3-11(15)13(18)16-9-6-14(7-10-16)5-4-12(14)17/h2-3,8,12,17H,4-7,9-10H2,1H3. The van der Waals surface area contributed by atoms with Gasteiger partial charge in [-0.15, -0.1) is 0 Å². The van der Waals surface area contributed by atoms with Crippen molar-refractivity contribution in [2.45, 2.75) is 31.8 Å². The molecular formula is C14H20N2O2. The maximum absolute atomic E-state index is 12.3. The Hall–Kier alpha value is -1.29. The molecule has 98 valence electrons. The second kappa shape index (κ2) is 4.12. The van der Waals surface area contributed by atoms with Crippen molar-refractivity contribution in [2.75, 3.05) is 13.1 Å². The van der Waals surface area contributed by atoms with Crippen LogP contribution in [0.15, 0.2) is 18.3 Å². The van der Waals surface area contributed by atoms with Crippen molar-refractivity contribution in [1.29, 1.82) is 0 Å². The van der Waals surface area contributed by atoms with E-state index in [0.29, 0.717) is 0 Å². The van der Waals surface area contributed by atoms with E-state index >= 15 is 0 Å². The van der Waals surface area contributed by atoms with Crippen LogP contribution in [0.3, 0.4) is 0 Å². The number of amides is 1. The minimum Gasteiger partial charge on any atom is -0.393 e. The number of carbonyl (C=O) groups excluding carboxylic acids is 1. The Bertz CT molecular complexity index is 458. The fraction of sp³-hybridized carbons (Fsp3) is 0.643. The van der Waals surface area contributed by atoms with Gasteiger partial charge in [-0.05, 0) is 43.2 Å². The van der Waals surface area contributed by atoms with Gasteiger partial charge >= 0.3 is 0 Å². The second-order valence-corrected chi connectivity index (χ2v) is 5.71. The molecule has 0 aromatic carbocycles. The number of carbonyl (C=O) groups is 1. The molecule has 1 unspecified atom stereocenters. The zero-order valence-electron chi connectivity index (χ0n) is 10.8. The highest BCUT2D eigenvalue weighted by molar-refractivity contribution is 5.92. The molecule has 1 aliphatic heterocycles. The number of aliphatic hydroxyl groups is 1. The molecule has 3 rings (SSSR count). The maximum Gasteiger partial charge on any atom is 0.270 e. The van der Waals surface area contributed by atoms with Gasteiger partial charge in [-0.25, -0.2) is 0 Å². The lowest BCUT2D eigenvalue weighted by atomic mass is 9.61. The van der Waals surface area contributed by atoms with Gasteiger partial charge < -0.3 is 14.6 Å². The van der Waals surface area contributed by atoms with Gasteiger partial charge in [-0.1, -0.05) is 0 Å². The van der Waals surface area contributed by atoms with E-state index in [1.165, 1.54) is 0 Å². The summed E-state index contributed by atoms with van der Waals surface area (Å²) in [5.41, 5.74) is 0.880. The summed E-state index contributed by atoms with van der Waals surface area (Å²) >= 11 is 0. The highest BCUT2D eigenvalue weighted by Gasteiger charge is 2.47. The summed E-state index contributed by atoms with van der Waals surface area (Å²) in [4.78, 5) is 14.2. The van der Waals surface area contributed by atoms with Crippen molar-refractivity contribution in [3.05, 3.63) is 24.0 Å². The van der Waals surface area contributed by atoms with Gasteiger partial charge in [0.05, 0.1) is 6.10 Å². The Kier molecular flexibility index (Phi) is 2.70. The molecule has 2 fully saturated rings. The molecule has 2 aliphatic rings. The van der Waals surface area contributed by atoms with E-state index in [1.54, 1.807) is 0 Å². The fourth-order valence-corrected chi connectivity index (χ4v) is 3.27. The molecule has 1 saturated heterocycles. The molecule has 1 atom stereocenters. The van der Waals surface area contributed by atoms with Gasteiger partial charge in [0.2, 0.25) is 0 Å². The van der Waals surface area contributed by atoms with Crippen LogP contribution in [0.2, 0.25) is 0 Å². The van der Waals surface area contributed by atoms with Crippen LogP contribution in [0.1, 0.15) is 36.2 Å². The molecule has 18 heavy (non-hydrogen) atoms. The van der Waals surface area contributed by atoms with Crippen LogP contribution in [-0.2, 0) is 7.05 Å². The summed E-state index contributed by atoms with van der Waals surface area (Å²) in [5, 5.41) is 9.87. The number of piperidine rings is 1. The Morgan fingerprint density at radius 1 is 1.39 bits per heavy atom. The number of hydrogen-bond acceptors (Lipinski definition) is 2. The van der Waals surface area contributed by atoms with E-state index in [2.05, 4.69) is 0 Å². The van der Waals surface area contributed by atoms with E-state index in [9.17, 15) is 9.90 Å². The quantitative estimate of drug-likeness (QED) is 0.816. The lowest BCUT2D eigenvalue weighted by molar-refractivity contribution is -0.0953. The first kappa shape index (κ1) is 11.8. The molecule has 1 aromatic heterocycles. The van der Waals surface area contributed by atoms with Crippen molar-refractivity contribution in [1.82, 2.24) is 9.47 Å². The number of aromatic nitrogens is 1. The number of nitrogens with zero attached hydrogens (tertiary/aromatic N) is 2. The van der Waals surface area contributed by atoms with Gasteiger partial charge in [0.1, 0.15) is 5.69 Å². The average Bonchev–Trinajstić information content (AvgIpc) is 2.82. The smallest absolute Gasteiger partial charge is 0.270 e. The van der Waals surface area contributed by atoms with E-state index in [4.69, 9.17) is 0 Å². The van der Waals surface area contributed by atoms with Crippen LogP contribution < -0.4 is 0 Å². The van der Waals surface area contributed by atoms with Crippen LogP contribution in [0.25, 0.3) is 0 Å². The molecule has 0 bridgehead atoms. The van der Waals surface area contributed by atoms with E-state index < -0.39 is 0 Å². The Balaban J connectivity index is 1.66. The third-order valence-corrected chi connectivity index (χ3v) is 4.83. The molecule has 1 spiro atoms. The molecule has 0 radical (unpaired) electrons. The molecule has 4 nitrogen and oxygen atoms in total.